The number of carboxylic acid groups (broad SMARTS) is 1. The van der Waals surface area contributed by atoms with E-state index in [-0.39, 0.29) is 16.0 Å². The molecule has 0 atom stereocenters. The molecule has 0 aliphatic carbocycles. The van der Waals surface area contributed by atoms with E-state index in [1.165, 1.54) is 30.3 Å². The highest BCUT2D eigenvalue weighted by atomic mass is 32.2. The van der Waals surface area contributed by atoms with E-state index in [1.54, 1.807) is 6.07 Å². The van der Waals surface area contributed by atoms with Gasteiger partial charge < -0.3 is 10.4 Å². The molecule has 1 heterocycles. The Balaban J connectivity index is 1.98. The van der Waals surface area contributed by atoms with E-state index in [9.17, 15) is 18.4 Å². The minimum atomic E-state index is -1.10. The van der Waals surface area contributed by atoms with Crippen molar-refractivity contribution in [3.05, 3.63) is 64.1 Å². The van der Waals surface area contributed by atoms with Crippen molar-refractivity contribution in [2.75, 3.05) is 5.32 Å². The van der Waals surface area contributed by atoms with Crippen LogP contribution >= 0.6 is 11.8 Å². The van der Waals surface area contributed by atoms with Crippen LogP contribution in [-0.4, -0.2) is 17.0 Å². The summed E-state index contributed by atoms with van der Waals surface area (Å²) in [4.78, 5) is 23.8. The fraction of sp³-hybridized carbons (Fsp3) is 0. The van der Waals surface area contributed by atoms with Gasteiger partial charge in [0.1, 0.15) is 0 Å². The fourth-order valence-corrected chi connectivity index (χ4v) is 2.99. The molecule has 2 N–H and O–H groups in total. The molecule has 0 bridgehead atoms. The summed E-state index contributed by atoms with van der Waals surface area (Å²) in [5.41, 5.74) is 0.387. The molecule has 0 radical (unpaired) electrons. The van der Waals surface area contributed by atoms with Gasteiger partial charge in [0.15, 0.2) is 11.6 Å². The zero-order chi connectivity index (χ0) is 16.6. The molecular formula is C16H9F2NO3S. The van der Waals surface area contributed by atoms with E-state index in [0.717, 1.165) is 17.8 Å². The van der Waals surface area contributed by atoms with Gasteiger partial charge in [-0.2, -0.15) is 0 Å². The summed E-state index contributed by atoms with van der Waals surface area (Å²) < 4.78 is 26.9. The average molecular weight is 333 g/mol. The lowest BCUT2D eigenvalue weighted by Crippen LogP contribution is -2.18. The SMILES string of the molecule is O=C1Nc2cc(C(=O)O)ccc2S/C1=C\c1cccc(F)c1F. The van der Waals surface area contributed by atoms with Crippen molar-refractivity contribution < 1.29 is 23.5 Å². The summed E-state index contributed by atoms with van der Waals surface area (Å²) in [5.74, 6) is -3.63. The predicted molar refractivity (Wildman–Crippen MR) is 82.2 cm³/mol. The van der Waals surface area contributed by atoms with Crippen LogP contribution in [0.5, 0.6) is 0 Å². The number of hydrogen-bond acceptors (Lipinski definition) is 3. The first-order chi connectivity index (χ1) is 11.0. The Labute approximate surface area is 133 Å². The summed E-state index contributed by atoms with van der Waals surface area (Å²) in [6.45, 7) is 0. The van der Waals surface area contributed by atoms with E-state index in [2.05, 4.69) is 5.32 Å². The Hall–Kier alpha value is -2.67. The largest absolute Gasteiger partial charge is 0.478 e. The number of thioether (sulfide) groups is 1. The highest BCUT2D eigenvalue weighted by Gasteiger charge is 2.22. The first kappa shape index (κ1) is 15.2. The smallest absolute Gasteiger partial charge is 0.335 e. The van der Waals surface area contributed by atoms with Crippen molar-refractivity contribution in [3.63, 3.8) is 0 Å². The molecule has 0 unspecified atom stereocenters. The fourth-order valence-electron chi connectivity index (χ4n) is 2.07. The normalized spacial score (nSPS) is 15.2. The van der Waals surface area contributed by atoms with Gasteiger partial charge in [-0.25, -0.2) is 13.6 Å². The number of hydrogen-bond donors (Lipinski definition) is 2. The number of carbonyl (C=O) groups is 2. The third kappa shape index (κ3) is 2.95. The Morgan fingerprint density at radius 3 is 2.74 bits per heavy atom. The van der Waals surface area contributed by atoms with Gasteiger partial charge in [-0.3, -0.25) is 4.79 Å². The number of aromatic carboxylic acids is 1. The van der Waals surface area contributed by atoms with Gasteiger partial charge in [0, 0.05) is 10.5 Å². The molecule has 0 fully saturated rings. The molecular weight excluding hydrogens is 324 g/mol. The second-order valence-corrected chi connectivity index (χ2v) is 5.81. The van der Waals surface area contributed by atoms with E-state index in [4.69, 9.17) is 5.11 Å². The quantitative estimate of drug-likeness (QED) is 0.822. The molecule has 2 aromatic rings. The van der Waals surface area contributed by atoms with E-state index in [0.29, 0.717) is 10.6 Å². The van der Waals surface area contributed by atoms with Gasteiger partial charge in [-0.15, -0.1) is 0 Å². The van der Waals surface area contributed by atoms with Crippen LogP contribution in [0.2, 0.25) is 0 Å². The molecule has 116 valence electrons. The van der Waals surface area contributed by atoms with Gasteiger partial charge in [-0.05, 0) is 30.3 Å². The third-order valence-electron chi connectivity index (χ3n) is 3.19. The van der Waals surface area contributed by atoms with Crippen LogP contribution in [0.25, 0.3) is 6.08 Å². The molecule has 1 aliphatic heterocycles. The molecule has 0 aromatic heterocycles. The number of carboxylic acids is 1. The van der Waals surface area contributed by atoms with Crippen molar-refractivity contribution >= 4 is 35.4 Å². The number of nitrogens with one attached hydrogen (secondary N) is 1. The Bertz CT molecular complexity index is 864. The topological polar surface area (TPSA) is 66.4 Å². The molecule has 0 saturated carbocycles. The maximum Gasteiger partial charge on any atom is 0.335 e. The molecule has 0 saturated heterocycles. The van der Waals surface area contributed by atoms with Gasteiger partial charge in [0.25, 0.3) is 5.91 Å². The lowest BCUT2D eigenvalue weighted by Gasteiger charge is -2.19. The lowest BCUT2D eigenvalue weighted by molar-refractivity contribution is -0.112. The molecule has 23 heavy (non-hydrogen) atoms. The summed E-state index contributed by atoms with van der Waals surface area (Å²) in [5, 5.41) is 11.5. The molecule has 2 aromatic carbocycles. The Kier molecular flexibility index (Phi) is 3.87. The molecule has 1 amide bonds. The molecule has 7 heteroatoms. The second kappa shape index (κ2) is 5.85. The van der Waals surface area contributed by atoms with Crippen LogP contribution in [0.15, 0.2) is 46.2 Å². The highest BCUT2D eigenvalue weighted by Crippen LogP contribution is 2.39. The van der Waals surface area contributed by atoms with Gasteiger partial charge in [-0.1, -0.05) is 23.9 Å². The van der Waals surface area contributed by atoms with Crippen molar-refractivity contribution in [2.45, 2.75) is 4.90 Å². The Morgan fingerprint density at radius 1 is 1.22 bits per heavy atom. The monoisotopic (exact) mass is 333 g/mol. The molecule has 3 rings (SSSR count). The van der Waals surface area contributed by atoms with Crippen LogP contribution in [0.3, 0.4) is 0 Å². The summed E-state index contributed by atoms with van der Waals surface area (Å²) in [6, 6.07) is 8.02. The maximum absolute atomic E-state index is 13.7. The number of benzene rings is 2. The van der Waals surface area contributed by atoms with Crippen molar-refractivity contribution in [2.24, 2.45) is 0 Å². The van der Waals surface area contributed by atoms with Crippen LogP contribution in [0.1, 0.15) is 15.9 Å². The molecule has 1 aliphatic rings. The first-order valence-electron chi connectivity index (χ1n) is 6.48. The van der Waals surface area contributed by atoms with Gasteiger partial charge in [0.05, 0.1) is 16.2 Å². The first-order valence-corrected chi connectivity index (χ1v) is 7.29. The summed E-state index contributed by atoms with van der Waals surface area (Å²) in [7, 11) is 0. The van der Waals surface area contributed by atoms with E-state index >= 15 is 0 Å². The second-order valence-electron chi connectivity index (χ2n) is 4.72. The van der Waals surface area contributed by atoms with E-state index < -0.39 is 23.5 Å². The van der Waals surface area contributed by atoms with Crippen LogP contribution < -0.4 is 5.32 Å². The summed E-state index contributed by atoms with van der Waals surface area (Å²) in [6.07, 6.45) is 1.26. The third-order valence-corrected chi connectivity index (χ3v) is 4.29. The average Bonchev–Trinajstić information content (AvgIpc) is 2.52. The molecule has 0 spiro atoms. The summed E-state index contributed by atoms with van der Waals surface area (Å²) >= 11 is 1.06. The van der Waals surface area contributed by atoms with Crippen LogP contribution in [-0.2, 0) is 4.79 Å². The van der Waals surface area contributed by atoms with Crippen molar-refractivity contribution in [3.8, 4) is 0 Å². The number of halogens is 2. The van der Waals surface area contributed by atoms with Gasteiger partial charge in [0.2, 0.25) is 0 Å². The van der Waals surface area contributed by atoms with Crippen molar-refractivity contribution in [1.29, 1.82) is 0 Å². The predicted octanol–water partition coefficient (Wildman–Crippen LogP) is 3.75. The number of amides is 1. The maximum atomic E-state index is 13.7. The zero-order valence-electron chi connectivity index (χ0n) is 11.5. The minimum Gasteiger partial charge on any atom is -0.478 e. The number of anilines is 1. The number of carbonyl (C=O) groups excluding carboxylic acids is 1. The van der Waals surface area contributed by atoms with Crippen molar-refractivity contribution in [1.82, 2.24) is 0 Å². The highest BCUT2D eigenvalue weighted by molar-refractivity contribution is 8.04. The van der Waals surface area contributed by atoms with Crippen LogP contribution in [0.4, 0.5) is 14.5 Å². The lowest BCUT2D eigenvalue weighted by atomic mass is 10.1. The number of fused-ring (bicyclic) bond motifs is 1. The zero-order valence-corrected chi connectivity index (χ0v) is 12.3. The van der Waals surface area contributed by atoms with Crippen LogP contribution in [0, 0.1) is 11.6 Å². The minimum absolute atomic E-state index is 0.0340. The molecule has 4 nitrogen and oxygen atoms in total. The Morgan fingerprint density at radius 2 is 2.00 bits per heavy atom. The standard InChI is InChI=1S/C16H9F2NO3S/c17-10-3-1-2-8(14(10)18)7-13-15(20)19-11-6-9(16(21)22)4-5-12(11)23-13/h1-7H,(H,19,20)(H,21,22)/b13-7-. The van der Waals surface area contributed by atoms with Gasteiger partial charge >= 0.3 is 5.97 Å². The number of rotatable bonds is 2. The van der Waals surface area contributed by atoms with E-state index in [1.807, 2.05) is 0 Å².